The molecule has 1 aromatic heterocycles. The van der Waals surface area contributed by atoms with E-state index >= 15 is 0 Å². The van der Waals surface area contributed by atoms with Crippen LogP contribution in [0.2, 0.25) is 0 Å². The highest BCUT2D eigenvalue weighted by atomic mass is 32.1. The third-order valence-corrected chi connectivity index (χ3v) is 4.66. The van der Waals surface area contributed by atoms with E-state index in [1.165, 1.54) is 24.7 Å². The predicted octanol–water partition coefficient (Wildman–Crippen LogP) is 4.20. The van der Waals surface area contributed by atoms with Gasteiger partial charge in [0.05, 0.1) is 10.2 Å². The standard InChI is InChI=1S/C18H25N3O2S/c1-11(2)6-5-7-12(3)19-17(23)14-8-9-15-16(10-14)24-18(21-15)20-13(4)22/h8-12H,5-7H2,1-4H3,(H,19,23)(H,20,21,22)/t12-/m0/s1. The fourth-order valence-corrected chi connectivity index (χ4v) is 3.43. The van der Waals surface area contributed by atoms with E-state index in [0.717, 1.165) is 23.1 Å². The summed E-state index contributed by atoms with van der Waals surface area (Å²) < 4.78 is 0.888. The Morgan fingerprint density at radius 2 is 1.96 bits per heavy atom. The van der Waals surface area contributed by atoms with Crippen molar-refractivity contribution in [1.29, 1.82) is 0 Å². The lowest BCUT2D eigenvalue weighted by Crippen LogP contribution is -2.32. The highest BCUT2D eigenvalue weighted by molar-refractivity contribution is 7.22. The minimum absolute atomic E-state index is 0.0663. The van der Waals surface area contributed by atoms with E-state index in [-0.39, 0.29) is 17.9 Å². The minimum Gasteiger partial charge on any atom is -0.350 e. The first kappa shape index (κ1) is 18.4. The number of carbonyl (C=O) groups is 2. The SMILES string of the molecule is CC(=O)Nc1nc2ccc(C(=O)N[C@@H](C)CCCC(C)C)cc2s1. The van der Waals surface area contributed by atoms with Gasteiger partial charge in [-0.05, 0) is 37.5 Å². The molecule has 0 fully saturated rings. The number of amides is 2. The number of hydrogen-bond donors (Lipinski definition) is 2. The number of benzene rings is 1. The first-order valence-corrected chi connectivity index (χ1v) is 9.16. The number of fused-ring (bicyclic) bond motifs is 1. The molecule has 6 heteroatoms. The van der Waals surface area contributed by atoms with Crippen LogP contribution < -0.4 is 10.6 Å². The maximum atomic E-state index is 12.4. The van der Waals surface area contributed by atoms with Crippen LogP contribution in [0, 0.1) is 5.92 Å². The van der Waals surface area contributed by atoms with Gasteiger partial charge in [0.25, 0.3) is 5.91 Å². The Labute approximate surface area is 146 Å². The molecule has 0 aliphatic carbocycles. The molecule has 24 heavy (non-hydrogen) atoms. The second kappa shape index (κ2) is 8.24. The average molecular weight is 347 g/mol. The number of anilines is 1. The monoisotopic (exact) mass is 347 g/mol. The van der Waals surface area contributed by atoms with Gasteiger partial charge in [-0.2, -0.15) is 0 Å². The van der Waals surface area contributed by atoms with Crippen LogP contribution in [-0.2, 0) is 4.79 Å². The van der Waals surface area contributed by atoms with Gasteiger partial charge in [-0.15, -0.1) is 0 Å². The Balaban J connectivity index is 2.00. The molecule has 2 aromatic rings. The molecule has 0 bridgehead atoms. The van der Waals surface area contributed by atoms with Crippen molar-refractivity contribution in [3.05, 3.63) is 23.8 Å². The zero-order valence-corrected chi connectivity index (χ0v) is 15.5. The second-order valence-corrected chi connectivity index (χ2v) is 7.61. The first-order chi connectivity index (χ1) is 11.3. The predicted molar refractivity (Wildman–Crippen MR) is 99.5 cm³/mol. The first-order valence-electron chi connectivity index (χ1n) is 8.34. The summed E-state index contributed by atoms with van der Waals surface area (Å²) in [6, 6.07) is 5.57. The Bertz CT molecular complexity index is 724. The smallest absolute Gasteiger partial charge is 0.251 e. The van der Waals surface area contributed by atoms with E-state index < -0.39 is 0 Å². The summed E-state index contributed by atoms with van der Waals surface area (Å²) in [5.74, 6) is 0.477. The summed E-state index contributed by atoms with van der Waals surface area (Å²) in [4.78, 5) is 27.8. The van der Waals surface area contributed by atoms with Crippen LogP contribution in [0.15, 0.2) is 18.2 Å². The molecular formula is C18H25N3O2S. The summed E-state index contributed by atoms with van der Waals surface area (Å²) in [5.41, 5.74) is 1.40. The van der Waals surface area contributed by atoms with Crippen molar-refractivity contribution in [1.82, 2.24) is 10.3 Å². The van der Waals surface area contributed by atoms with E-state index in [2.05, 4.69) is 29.5 Å². The Hall–Kier alpha value is -1.95. The van der Waals surface area contributed by atoms with E-state index in [4.69, 9.17) is 0 Å². The molecule has 1 atom stereocenters. The molecule has 2 N–H and O–H groups in total. The molecular weight excluding hydrogens is 322 g/mol. The molecule has 0 aliphatic heterocycles. The van der Waals surface area contributed by atoms with Gasteiger partial charge in [0.15, 0.2) is 5.13 Å². The highest BCUT2D eigenvalue weighted by Crippen LogP contribution is 2.26. The van der Waals surface area contributed by atoms with Gasteiger partial charge < -0.3 is 10.6 Å². The lowest BCUT2D eigenvalue weighted by atomic mass is 10.0. The van der Waals surface area contributed by atoms with Crippen molar-refractivity contribution in [2.45, 2.75) is 53.0 Å². The number of hydrogen-bond acceptors (Lipinski definition) is 4. The molecule has 0 aliphatic rings. The fraction of sp³-hybridized carbons (Fsp3) is 0.500. The molecule has 0 radical (unpaired) electrons. The Morgan fingerprint density at radius 3 is 2.62 bits per heavy atom. The number of nitrogens with one attached hydrogen (secondary N) is 2. The van der Waals surface area contributed by atoms with E-state index in [1.807, 2.05) is 19.1 Å². The van der Waals surface area contributed by atoms with Crippen LogP contribution in [0.4, 0.5) is 5.13 Å². The third kappa shape index (κ3) is 5.30. The summed E-state index contributed by atoms with van der Waals surface area (Å²) in [5, 5.41) is 6.28. The molecule has 0 spiro atoms. The third-order valence-electron chi connectivity index (χ3n) is 3.73. The number of nitrogens with zero attached hydrogens (tertiary/aromatic N) is 1. The van der Waals surface area contributed by atoms with Crippen LogP contribution in [0.1, 0.15) is 57.3 Å². The normalized spacial score (nSPS) is 12.4. The molecule has 5 nitrogen and oxygen atoms in total. The summed E-state index contributed by atoms with van der Waals surface area (Å²) in [6.07, 6.45) is 3.28. The highest BCUT2D eigenvalue weighted by Gasteiger charge is 2.12. The van der Waals surface area contributed by atoms with Crippen LogP contribution >= 0.6 is 11.3 Å². The summed E-state index contributed by atoms with van der Waals surface area (Å²) in [7, 11) is 0. The number of rotatable bonds is 7. The van der Waals surface area contributed by atoms with Crippen LogP contribution in [-0.4, -0.2) is 22.8 Å². The average Bonchev–Trinajstić information content (AvgIpc) is 2.86. The lowest BCUT2D eigenvalue weighted by molar-refractivity contribution is -0.114. The van der Waals surface area contributed by atoms with E-state index in [0.29, 0.717) is 16.6 Å². The van der Waals surface area contributed by atoms with Gasteiger partial charge in [-0.1, -0.05) is 38.0 Å². The van der Waals surface area contributed by atoms with Gasteiger partial charge >= 0.3 is 0 Å². The van der Waals surface area contributed by atoms with Crippen LogP contribution in [0.5, 0.6) is 0 Å². The van der Waals surface area contributed by atoms with Crippen molar-refractivity contribution in [2.24, 2.45) is 5.92 Å². The van der Waals surface area contributed by atoms with Gasteiger partial charge in [0, 0.05) is 18.5 Å². The molecule has 2 rings (SSSR count). The maximum Gasteiger partial charge on any atom is 0.251 e. The summed E-state index contributed by atoms with van der Waals surface area (Å²) in [6.45, 7) is 7.91. The molecule has 1 aromatic carbocycles. The number of carbonyl (C=O) groups excluding carboxylic acids is 2. The second-order valence-electron chi connectivity index (χ2n) is 6.58. The maximum absolute atomic E-state index is 12.4. The van der Waals surface area contributed by atoms with Gasteiger partial charge in [0.1, 0.15) is 0 Å². The topological polar surface area (TPSA) is 71.1 Å². The van der Waals surface area contributed by atoms with E-state index in [1.54, 1.807) is 6.07 Å². The zero-order valence-electron chi connectivity index (χ0n) is 14.7. The van der Waals surface area contributed by atoms with Gasteiger partial charge in [0.2, 0.25) is 5.91 Å². The summed E-state index contributed by atoms with van der Waals surface area (Å²) >= 11 is 1.37. The molecule has 2 amide bonds. The van der Waals surface area contributed by atoms with E-state index in [9.17, 15) is 9.59 Å². The van der Waals surface area contributed by atoms with Crippen molar-refractivity contribution in [3.63, 3.8) is 0 Å². The lowest BCUT2D eigenvalue weighted by Gasteiger charge is -2.14. The molecule has 130 valence electrons. The largest absolute Gasteiger partial charge is 0.350 e. The number of aromatic nitrogens is 1. The zero-order chi connectivity index (χ0) is 17.7. The minimum atomic E-state index is -0.151. The van der Waals surface area contributed by atoms with Crippen LogP contribution in [0.3, 0.4) is 0 Å². The number of thiazole rings is 1. The Kier molecular flexibility index (Phi) is 6.31. The van der Waals surface area contributed by atoms with Crippen molar-refractivity contribution in [2.75, 3.05) is 5.32 Å². The molecule has 0 saturated heterocycles. The molecule has 1 heterocycles. The Morgan fingerprint density at radius 1 is 1.21 bits per heavy atom. The van der Waals surface area contributed by atoms with Crippen molar-refractivity contribution < 1.29 is 9.59 Å². The van der Waals surface area contributed by atoms with Crippen molar-refractivity contribution in [3.8, 4) is 0 Å². The van der Waals surface area contributed by atoms with Gasteiger partial charge in [-0.3, -0.25) is 9.59 Å². The molecule has 0 unspecified atom stereocenters. The van der Waals surface area contributed by atoms with Crippen molar-refractivity contribution >= 4 is 38.5 Å². The quantitative estimate of drug-likeness (QED) is 0.788. The molecule has 0 saturated carbocycles. The fourth-order valence-electron chi connectivity index (χ4n) is 2.48. The van der Waals surface area contributed by atoms with Crippen LogP contribution in [0.25, 0.3) is 10.2 Å². The van der Waals surface area contributed by atoms with Gasteiger partial charge in [-0.25, -0.2) is 4.98 Å².